The third-order valence-corrected chi connectivity index (χ3v) is 4.67. The molecule has 3 aromatic carbocycles. The molecule has 0 saturated heterocycles. The maximum Gasteiger partial charge on any atom is 0.326 e. The van der Waals surface area contributed by atoms with Crippen molar-refractivity contribution >= 4 is 28.3 Å². The lowest BCUT2D eigenvalue weighted by molar-refractivity contribution is 0.102. The van der Waals surface area contributed by atoms with E-state index in [4.69, 9.17) is 11.0 Å². The SMILES string of the molecule is N#Cc1ccc2c(c1)[nH]c(=O)n2Cc1ccc(C(=O)Nc2ccccc2N)cc1. The lowest BCUT2D eigenvalue weighted by Crippen LogP contribution is -2.17. The molecule has 4 N–H and O–H groups in total. The minimum atomic E-state index is -0.261. The predicted octanol–water partition coefficient (Wildman–Crippen LogP) is 3.08. The van der Waals surface area contributed by atoms with E-state index in [1.54, 1.807) is 71.3 Å². The highest BCUT2D eigenvalue weighted by Gasteiger charge is 2.10. The molecule has 0 aliphatic carbocycles. The molecule has 1 aromatic heterocycles. The van der Waals surface area contributed by atoms with Crippen molar-refractivity contribution in [2.45, 2.75) is 6.54 Å². The second-order valence-electron chi connectivity index (χ2n) is 6.60. The molecule has 0 spiro atoms. The van der Waals surface area contributed by atoms with E-state index in [9.17, 15) is 9.59 Å². The van der Waals surface area contributed by atoms with Crippen molar-refractivity contribution in [3.05, 3.63) is 93.9 Å². The maximum absolute atomic E-state index is 12.4. The fourth-order valence-corrected chi connectivity index (χ4v) is 3.14. The van der Waals surface area contributed by atoms with Gasteiger partial charge in [0.05, 0.1) is 40.6 Å². The number of aromatic amines is 1. The van der Waals surface area contributed by atoms with Gasteiger partial charge in [0, 0.05) is 5.56 Å². The van der Waals surface area contributed by atoms with Crippen LogP contribution in [0.2, 0.25) is 0 Å². The summed E-state index contributed by atoms with van der Waals surface area (Å²) in [6.45, 7) is 0.346. The number of nitrogens with zero attached hydrogens (tertiary/aromatic N) is 2. The van der Waals surface area contributed by atoms with Crippen molar-refractivity contribution in [1.29, 1.82) is 5.26 Å². The lowest BCUT2D eigenvalue weighted by Gasteiger charge is -2.09. The number of nitriles is 1. The molecular weight excluding hydrogens is 366 g/mol. The first-order valence-electron chi connectivity index (χ1n) is 8.92. The Morgan fingerprint density at radius 2 is 1.86 bits per heavy atom. The van der Waals surface area contributed by atoms with Crippen molar-refractivity contribution in [3.8, 4) is 6.07 Å². The van der Waals surface area contributed by atoms with E-state index in [0.717, 1.165) is 11.1 Å². The number of nitrogens with two attached hydrogens (primary N) is 1. The van der Waals surface area contributed by atoms with Crippen LogP contribution in [-0.2, 0) is 6.54 Å². The number of amides is 1. The molecule has 7 heteroatoms. The second kappa shape index (κ2) is 7.37. The molecule has 7 nitrogen and oxygen atoms in total. The van der Waals surface area contributed by atoms with Crippen LogP contribution in [0.25, 0.3) is 11.0 Å². The van der Waals surface area contributed by atoms with Gasteiger partial charge >= 0.3 is 5.69 Å². The van der Waals surface area contributed by atoms with Gasteiger partial charge in [0.25, 0.3) is 5.91 Å². The molecule has 0 aliphatic heterocycles. The number of rotatable bonds is 4. The van der Waals surface area contributed by atoms with E-state index in [2.05, 4.69) is 16.4 Å². The quantitative estimate of drug-likeness (QED) is 0.470. The summed E-state index contributed by atoms with van der Waals surface area (Å²) < 4.78 is 1.59. The molecule has 1 amide bonds. The van der Waals surface area contributed by atoms with Crippen LogP contribution >= 0.6 is 0 Å². The summed E-state index contributed by atoms with van der Waals surface area (Å²) in [5.41, 5.74) is 9.84. The number of aromatic nitrogens is 2. The summed E-state index contributed by atoms with van der Waals surface area (Å²) in [6, 6.07) is 21.2. The Bertz CT molecular complexity index is 1310. The third-order valence-electron chi connectivity index (χ3n) is 4.67. The fourth-order valence-electron chi connectivity index (χ4n) is 3.14. The molecule has 0 bridgehead atoms. The molecule has 4 rings (SSSR count). The molecule has 29 heavy (non-hydrogen) atoms. The highest BCUT2D eigenvalue weighted by atomic mass is 16.2. The summed E-state index contributed by atoms with van der Waals surface area (Å²) in [5.74, 6) is -0.261. The summed E-state index contributed by atoms with van der Waals surface area (Å²) in [7, 11) is 0. The average Bonchev–Trinajstić information content (AvgIpc) is 3.04. The number of hydrogen-bond donors (Lipinski definition) is 3. The Labute approximate surface area is 166 Å². The molecule has 0 unspecified atom stereocenters. The number of H-pyrrole nitrogens is 1. The van der Waals surface area contributed by atoms with Crippen LogP contribution in [0.5, 0.6) is 0 Å². The van der Waals surface area contributed by atoms with E-state index in [1.807, 2.05) is 0 Å². The number of para-hydroxylation sites is 2. The van der Waals surface area contributed by atoms with Gasteiger partial charge in [-0.15, -0.1) is 0 Å². The third kappa shape index (κ3) is 3.59. The maximum atomic E-state index is 12.4. The monoisotopic (exact) mass is 383 g/mol. The summed E-state index contributed by atoms with van der Waals surface area (Å²) in [4.78, 5) is 27.5. The molecule has 0 aliphatic rings. The van der Waals surface area contributed by atoms with Gasteiger partial charge in [0.1, 0.15) is 0 Å². The van der Waals surface area contributed by atoms with Gasteiger partial charge in [-0.05, 0) is 48.0 Å². The highest BCUT2D eigenvalue weighted by molar-refractivity contribution is 6.05. The van der Waals surface area contributed by atoms with Gasteiger partial charge in [-0.1, -0.05) is 24.3 Å². The minimum Gasteiger partial charge on any atom is -0.397 e. The Kier molecular flexibility index (Phi) is 4.59. The first-order valence-corrected chi connectivity index (χ1v) is 8.92. The van der Waals surface area contributed by atoms with Crippen molar-refractivity contribution in [3.63, 3.8) is 0 Å². The number of fused-ring (bicyclic) bond motifs is 1. The number of carbonyl (C=O) groups is 1. The Morgan fingerprint density at radius 1 is 1.10 bits per heavy atom. The standard InChI is InChI=1S/C22H17N5O2/c23-12-15-7-10-20-19(11-15)26-22(29)27(20)13-14-5-8-16(9-6-14)21(28)25-18-4-2-1-3-17(18)24/h1-11H,13,24H2,(H,25,28)(H,26,29). The van der Waals surface area contributed by atoms with Crippen LogP contribution < -0.4 is 16.7 Å². The molecule has 0 fully saturated rings. The average molecular weight is 383 g/mol. The summed E-state index contributed by atoms with van der Waals surface area (Å²) in [6.07, 6.45) is 0. The highest BCUT2D eigenvalue weighted by Crippen LogP contribution is 2.18. The van der Waals surface area contributed by atoms with Crippen LogP contribution in [0.3, 0.4) is 0 Å². The largest absolute Gasteiger partial charge is 0.397 e. The smallest absolute Gasteiger partial charge is 0.326 e. The number of anilines is 2. The molecule has 0 radical (unpaired) electrons. The fraction of sp³-hybridized carbons (Fsp3) is 0.0455. The Morgan fingerprint density at radius 3 is 2.59 bits per heavy atom. The van der Waals surface area contributed by atoms with Crippen molar-refractivity contribution in [2.24, 2.45) is 0 Å². The van der Waals surface area contributed by atoms with Gasteiger partial charge in [-0.25, -0.2) is 4.79 Å². The van der Waals surface area contributed by atoms with Crippen LogP contribution in [0.4, 0.5) is 11.4 Å². The van der Waals surface area contributed by atoms with Crippen LogP contribution in [0, 0.1) is 11.3 Å². The number of carbonyl (C=O) groups excluding carboxylic acids is 1. The van der Waals surface area contributed by atoms with Crippen LogP contribution in [0.1, 0.15) is 21.5 Å². The van der Waals surface area contributed by atoms with Crippen LogP contribution in [-0.4, -0.2) is 15.5 Å². The summed E-state index contributed by atoms with van der Waals surface area (Å²) >= 11 is 0. The first-order chi connectivity index (χ1) is 14.0. The molecule has 0 saturated carbocycles. The van der Waals surface area contributed by atoms with Gasteiger partial charge in [0.2, 0.25) is 0 Å². The van der Waals surface area contributed by atoms with Crippen LogP contribution in [0.15, 0.2) is 71.5 Å². The molecular formula is C22H17N5O2. The lowest BCUT2D eigenvalue weighted by atomic mass is 10.1. The first kappa shape index (κ1) is 18.1. The zero-order valence-corrected chi connectivity index (χ0v) is 15.3. The minimum absolute atomic E-state index is 0.253. The molecule has 1 heterocycles. The van der Waals surface area contributed by atoms with Crippen molar-refractivity contribution in [2.75, 3.05) is 11.1 Å². The second-order valence-corrected chi connectivity index (χ2v) is 6.60. The molecule has 0 atom stereocenters. The zero-order chi connectivity index (χ0) is 20.4. The number of benzene rings is 3. The zero-order valence-electron chi connectivity index (χ0n) is 15.3. The topological polar surface area (TPSA) is 117 Å². The van der Waals surface area contributed by atoms with Gasteiger partial charge in [0.15, 0.2) is 0 Å². The van der Waals surface area contributed by atoms with Gasteiger partial charge < -0.3 is 16.0 Å². The Hall–Kier alpha value is -4.31. The normalized spacial score (nSPS) is 10.6. The van der Waals surface area contributed by atoms with Crippen molar-refractivity contribution < 1.29 is 4.79 Å². The van der Waals surface area contributed by atoms with Crippen molar-refractivity contribution in [1.82, 2.24) is 9.55 Å². The van der Waals surface area contributed by atoms with E-state index in [1.165, 1.54) is 0 Å². The number of hydrogen-bond acceptors (Lipinski definition) is 4. The van der Waals surface area contributed by atoms with Gasteiger partial charge in [-0.2, -0.15) is 5.26 Å². The predicted molar refractivity (Wildman–Crippen MR) is 112 cm³/mol. The van der Waals surface area contributed by atoms with E-state index in [-0.39, 0.29) is 11.6 Å². The van der Waals surface area contributed by atoms with E-state index < -0.39 is 0 Å². The Balaban J connectivity index is 1.55. The number of nitrogens with one attached hydrogen (secondary N) is 2. The molecule has 142 valence electrons. The summed E-state index contributed by atoms with van der Waals surface area (Å²) in [5, 5.41) is 11.8. The van der Waals surface area contributed by atoms with E-state index in [0.29, 0.717) is 34.6 Å². The molecule has 4 aromatic rings. The van der Waals surface area contributed by atoms with E-state index >= 15 is 0 Å². The number of imidazole rings is 1. The number of nitrogen functional groups attached to an aromatic ring is 1. The van der Waals surface area contributed by atoms with Gasteiger partial charge in [-0.3, -0.25) is 9.36 Å².